The van der Waals surface area contributed by atoms with Crippen molar-refractivity contribution in [1.82, 2.24) is 9.88 Å². The van der Waals surface area contributed by atoms with Crippen LogP contribution in [0.4, 0.5) is 4.39 Å². The molecular formula is C19H18FKN2O4. The van der Waals surface area contributed by atoms with E-state index in [-0.39, 0.29) is 82.6 Å². The number of piperidine rings is 1. The average Bonchev–Trinajstić information content (AvgIpc) is 2.61. The monoisotopic (exact) mass is 396 g/mol. The second-order valence-corrected chi connectivity index (χ2v) is 6.45. The SMILES string of the molecule is Cc1nc(-c2ccc(F)cc2)ccc1C(=O)N1CC(O)CC(C(=O)[O-])C1.[K+]. The van der Waals surface area contributed by atoms with Gasteiger partial charge in [-0.25, -0.2) is 4.39 Å². The Morgan fingerprint density at radius 1 is 1.19 bits per heavy atom. The largest absolute Gasteiger partial charge is 1.00 e. The van der Waals surface area contributed by atoms with Crippen LogP contribution in [-0.2, 0) is 4.79 Å². The van der Waals surface area contributed by atoms with Gasteiger partial charge >= 0.3 is 51.4 Å². The number of pyridine rings is 1. The number of carboxylic acid groups (broad SMARTS) is 1. The molecule has 1 amide bonds. The minimum Gasteiger partial charge on any atom is -0.550 e. The van der Waals surface area contributed by atoms with Crippen LogP contribution in [0.1, 0.15) is 22.5 Å². The molecule has 1 N–H and O–H groups in total. The van der Waals surface area contributed by atoms with Crippen molar-refractivity contribution in [3.05, 3.63) is 53.5 Å². The number of rotatable bonds is 3. The van der Waals surface area contributed by atoms with Crippen molar-refractivity contribution < 1.29 is 75.6 Å². The fourth-order valence-electron chi connectivity index (χ4n) is 3.15. The molecule has 0 bridgehead atoms. The van der Waals surface area contributed by atoms with Crippen molar-refractivity contribution in [2.24, 2.45) is 5.92 Å². The molecule has 1 aliphatic heterocycles. The maximum absolute atomic E-state index is 13.0. The van der Waals surface area contributed by atoms with E-state index >= 15 is 0 Å². The number of carboxylic acids is 1. The maximum Gasteiger partial charge on any atom is 1.00 e. The Hall–Kier alpha value is -1.16. The second-order valence-electron chi connectivity index (χ2n) is 6.45. The Kier molecular flexibility index (Phi) is 7.67. The number of likely N-dealkylation sites (tertiary alicyclic amines) is 1. The topological polar surface area (TPSA) is 93.6 Å². The summed E-state index contributed by atoms with van der Waals surface area (Å²) in [7, 11) is 0. The average molecular weight is 396 g/mol. The fourth-order valence-corrected chi connectivity index (χ4v) is 3.15. The third-order valence-corrected chi connectivity index (χ3v) is 4.51. The van der Waals surface area contributed by atoms with E-state index in [4.69, 9.17) is 0 Å². The zero-order valence-electron chi connectivity index (χ0n) is 15.2. The summed E-state index contributed by atoms with van der Waals surface area (Å²) in [5.41, 5.74) is 2.13. The summed E-state index contributed by atoms with van der Waals surface area (Å²) in [5.74, 6) is -2.90. The van der Waals surface area contributed by atoms with Crippen LogP contribution in [0.5, 0.6) is 0 Å². The van der Waals surface area contributed by atoms with Crippen LogP contribution in [0, 0.1) is 18.7 Å². The summed E-state index contributed by atoms with van der Waals surface area (Å²) in [6.07, 6.45) is -0.824. The number of β-amino-alcohol motifs (C(OH)–C–C–N with tert-alkyl or cyclic N) is 1. The van der Waals surface area contributed by atoms with Gasteiger partial charge in [0.1, 0.15) is 5.82 Å². The van der Waals surface area contributed by atoms with Gasteiger partial charge < -0.3 is 19.9 Å². The molecule has 0 spiro atoms. The first-order valence-electron chi connectivity index (χ1n) is 8.27. The van der Waals surface area contributed by atoms with Crippen LogP contribution < -0.4 is 56.5 Å². The van der Waals surface area contributed by atoms with Gasteiger partial charge in [0, 0.05) is 30.5 Å². The minimum atomic E-state index is -1.27. The first-order valence-corrected chi connectivity index (χ1v) is 8.27. The number of aliphatic hydroxyl groups is 1. The normalized spacial score (nSPS) is 19.3. The zero-order valence-corrected chi connectivity index (χ0v) is 18.3. The summed E-state index contributed by atoms with van der Waals surface area (Å²) < 4.78 is 13.0. The molecule has 2 aromatic rings. The minimum absolute atomic E-state index is 0. The number of hydrogen-bond acceptors (Lipinski definition) is 5. The molecule has 1 aliphatic rings. The molecule has 0 aliphatic carbocycles. The van der Waals surface area contributed by atoms with E-state index in [2.05, 4.69) is 4.98 Å². The zero-order chi connectivity index (χ0) is 18.8. The molecule has 1 fully saturated rings. The van der Waals surface area contributed by atoms with Crippen LogP contribution in [0.25, 0.3) is 11.3 Å². The first-order chi connectivity index (χ1) is 12.3. The number of benzene rings is 1. The van der Waals surface area contributed by atoms with Crippen LogP contribution in [0.3, 0.4) is 0 Å². The van der Waals surface area contributed by atoms with E-state index in [1.54, 1.807) is 31.2 Å². The summed E-state index contributed by atoms with van der Waals surface area (Å²) in [6.45, 7) is 1.75. The van der Waals surface area contributed by atoms with Crippen molar-refractivity contribution in [1.29, 1.82) is 0 Å². The van der Waals surface area contributed by atoms with Gasteiger partial charge in [0.2, 0.25) is 0 Å². The Morgan fingerprint density at radius 3 is 2.44 bits per heavy atom. The van der Waals surface area contributed by atoms with E-state index in [0.29, 0.717) is 17.0 Å². The number of aryl methyl sites for hydroxylation is 1. The van der Waals surface area contributed by atoms with E-state index in [9.17, 15) is 24.2 Å². The van der Waals surface area contributed by atoms with Crippen molar-refractivity contribution in [3.63, 3.8) is 0 Å². The molecule has 1 aromatic carbocycles. The van der Waals surface area contributed by atoms with Gasteiger partial charge in [-0.1, -0.05) is 0 Å². The summed E-state index contributed by atoms with van der Waals surface area (Å²) >= 11 is 0. The Balaban J connectivity index is 0.00000261. The van der Waals surface area contributed by atoms with Crippen LogP contribution in [0.15, 0.2) is 36.4 Å². The molecule has 1 saturated heterocycles. The molecule has 2 atom stereocenters. The molecule has 6 nitrogen and oxygen atoms in total. The van der Waals surface area contributed by atoms with Gasteiger partial charge in [-0.15, -0.1) is 0 Å². The molecule has 27 heavy (non-hydrogen) atoms. The Bertz CT molecular complexity index is 844. The Morgan fingerprint density at radius 2 is 1.85 bits per heavy atom. The molecule has 1 aromatic heterocycles. The standard InChI is InChI=1S/C19H19FN2O4.K/c1-11-16(6-7-17(21-11)12-2-4-14(20)5-3-12)18(24)22-9-13(19(25)26)8-15(23)10-22;/h2-7,13,15,23H,8-10H2,1H3,(H,25,26);/q;+1/p-1. The number of carbonyl (C=O) groups excluding carboxylic acids is 2. The van der Waals surface area contributed by atoms with E-state index in [0.717, 1.165) is 5.56 Å². The third kappa shape index (κ3) is 5.21. The van der Waals surface area contributed by atoms with E-state index in [1.807, 2.05) is 0 Å². The molecular weight excluding hydrogens is 378 g/mol. The molecule has 0 radical (unpaired) electrons. The number of amides is 1. The number of nitrogens with zero attached hydrogens (tertiary/aromatic N) is 2. The predicted molar refractivity (Wildman–Crippen MR) is 89.4 cm³/mol. The van der Waals surface area contributed by atoms with Crippen LogP contribution in [-0.4, -0.2) is 46.1 Å². The number of halogens is 1. The first kappa shape index (κ1) is 22.1. The van der Waals surface area contributed by atoms with E-state index in [1.165, 1.54) is 17.0 Å². The number of aromatic nitrogens is 1. The van der Waals surface area contributed by atoms with Gasteiger partial charge in [0.15, 0.2) is 0 Å². The van der Waals surface area contributed by atoms with Gasteiger partial charge in [-0.05, 0) is 49.7 Å². The second kappa shape index (κ2) is 9.36. The van der Waals surface area contributed by atoms with Gasteiger partial charge in [0.05, 0.1) is 23.1 Å². The third-order valence-electron chi connectivity index (χ3n) is 4.51. The van der Waals surface area contributed by atoms with Crippen LogP contribution >= 0.6 is 0 Å². The van der Waals surface area contributed by atoms with Crippen LogP contribution in [0.2, 0.25) is 0 Å². The quantitative estimate of drug-likeness (QED) is 0.593. The van der Waals surface area contributed by atoms with Crippen molar-refractivity contribution in [3.8, 4) is 11.3 Å². The van der Waals surface area contributed by atoms with E-state index < -0.39 is 18.0 Å². The smallest absolute Gasteiger partial charge is 0.550 e. The van der Waals surface area contributed by atoms with Crippen molar-refractivity contribution in [2.45, 2.75) is 19.4 Å². The Labute approximate surface area is 198 Å². The molecule has 2 heterocycles. The summed E-state index contributed by atoms with van der Waals surface area (Å²) in [6, 6.07) is 9.14. The summed E-state index contributed by atoms with van der Waals surface area (Å²) in [4.78, 5) is 29.6. The number of hydrogen-bond donors (Lipinski definition) is 1. The number of carbonyl (C=O) groups is 2. The summed E-state index contributed by atoms with van der Waals surface area (Å²) in [5, 5.41) is 20.9. The number of aliphatic carboxylic acids is 1. The molecule has 2 unspecified atom stereocenters. The molecule has 0 saturated carbocycles. The molecule has 8 heteroatoms. The molecule has 3 rings (SSSR count). The van der Waals surface area contributed by atoms with Gasteiger partial charge in [-0.3, -0.25) is 9.78 Å². The maximum atomic E-state index is 13.0. The van der Waals surface area contributed by atoms with Crippen molar-refractivity contribution in [2.75, 3.05) is 13.1 Å². The van der Waals surface area contributed by atoms with Gasteiger partial charge in [0.25, 0.3) is 5.91 Å². The van der Waals surface area contributed by atoms with Gasteiger partial charge in [-0.2, -0.15) is 0 Å². The van der Waals surface area contributed by atoms with Crippen molar-refractivity contribution >= 4 is 11.9 Å². The molecule has 136 valence electrons. The fraction of sp³-hybridized carbons (Fsp3) is 0.316. The number of aliphatic hydroxyl groups excluding tert-OH is 1. The predicted octanol–water partition coefficient (Wildman–Crippen LogP) is -2.23.